The molecule has 0 saturated carbocycles. The molecule has 2 heterocycles. The Morgan fingerprint density at radius 3 is 2.75 bits per heavy atom. The summed E-state index contributed by atoms with van der Waals surface area (Å²) in [6.07, 6.45) is 2.77. The van der Waals surface area contributed by atoms with Crippen LogP contribution in [0.2, 0.25) is 0 Å². The summed E-state index contributed by atoms with van der Waals surface area (Å²) in [5, 5.41) is 19.8. The Kier molecular flexibility index (Phi) is 4.43. The molecule has 1 aromatic carbocycles. The zero-order chi connectivity index (χ0) is 16.9. The lowest BCUT2D eigenvalue weighted by Crippen LogP contribution is -2.08. The number of nitrogens with one attached hydrogen (secondary N) is 2. The van der Waals surface area contributed by atoms with Crippen molar-refractivity contribution in [3.63, 3.8) is 0 Å². The number of nitrogens with zero attached hydrogens (tertiary/aromatic N) is 3. The highest BCUT2D eigenvalue weighted by molar-refractivity contribution is 7.16. The van der Waals surface area contributed by atoms with E-state index in [1.54, 1.807) is 6.07 Å². The van der Waals surface area contributed by atoms with Crippen molar-refractivity contribution in [1.29, 1.82) is 0 Å². The zero-order valence-electron chi connectivity index (χ0n) is 12.2. The van der Waals surface area contributed by atoms with Crippen LogP contribution < -0.4 is 5.32 Å². The molecule has 120 valence electrons. The lowest BCUT2D eigenvalue weighted by atomic mass is 10.2. The number of aromatic amines is 1. The van der Waals surface area contributed by atoms with Crippen LogP contribution in [0.1, 0.15) is 4.88 Å². The summed E-state index contributed by atoms with van der Waals surface area (Å²) in [5.74, 6) is 0.272. The van der Waals surface area contributed by atoms with Crippen molar-refractivity contribution in [3.05, 3.63) is 63.5 Å². The Morgan fingerprint density at radius 1 is 1.25 bits per heavy atom. The molecule has 0 unspecified atom stereocenters. The molecule has 0 radical (unpaired) electrons. The molecule has 2 aromatic heterocycles. The number of H-pyrrole nitrogens is 1. The van der Waals surface area contributed by atoms with Gasteiger partial charge in [0.05, 0.1) is 4.92 Å². The fraction of sp³-hybridized carbons (Fsp3) is 0. The molecule has 0 aliphatic heterocycles. The normalized spacial score (nSPS) is 10.8. The van der Waals surface area contributed by atoms with E-state index in [9.17, 15) is 14.9 Å². The molecule has 0 aliphatic rings. The number of carbonyl (C=O) groups is 1. The smallest absolute Gasteiger partial charge is 0.290 e. The molecule has 0 spiro atoms. The van der Waals surface area contributed by atoms with Crippen molar-refractivity contribution >= 4 is 34.3 Å². The Bertz CT molecular complexity index is 901. The Morgan fingerprint density at radius 2 is 2.04 bits per heavy atom. The maximum absolute atomic E-state index is 11.9. The molecule has 2 N–H and O–H groups in total. The SMILES string of the molecule is O=C(/C=C/c1ccc([N+](=O)[O-])s1)Nc1n[nH]c(-c2ccccc2)n1. The van der Waals surface area contributed by atoms with E-state index in [1.807, 2.05) is 30.3 Å². The fourth-order valence-electron chi connectivity index (χ4n) is 1.88. The Labute approximate surface area is 140 Å². The van der Waals surface area contributed by atoms with Crippen LogP contribution in [-0.4, -0.2) is 26.0 Å². The monoisotopic (exact) mass is 341 g/mol. The van der Waals surface area contributed by atoms with E-state index in [4.69, 9.17) is 0 Å². The highest BCUT2D eigenvalue weighted by Gasteiger charge is 2.09. The minimum absolute atomic E-state index is 0.0246. The standard InChI is InChI=1S/C15H11N5O3S/c21-12(8-6-11-7-9-13(24-11)20(22)23)16-15-17-14(18-19-15)10-4-2-1-3-5-10/h1-9H,(H2,16,17,18,19,21)/b8-6+. The van der Waals surface area contributed by atoms with Gasteiger partial charge in [-0.1, -0.05) is 41.7 Å². The molecular weight excluding hydrogens is 330 g/mol. The van der Waals surface area contributed by atoms with Crippen LogP contribution in [0.4, 0.5) is 10.9 Å². The second-order valence-electron chi connectivity index (χ2n) is 4.63. The van der Waals surface area contributed by atoms with Crippen molar-refractivity contribution in [2.45, 2.75) is 0 Å². The quantitative estimate of drug-likeness (QED) is 0.420. The summed E-state index contributed by atoms with van der Waals surface area (Å²) in [6.45, 7) is 0. The molecule has 8 nitrogen and oxygen atoms in total. The van der Waals surface area contributed by atoms with E-state index in [-0.39, 0.29) is 10.9 Å². The highest BCUT2D eigenvalue weighted by Crippen LogP contribution is 2.24. The van der Waals surface area contributed by atoms with Gasteiger partial charge in [0.2, 0.25) is 5.95 Å². The van der Waals surface area contributed by atoms with Crippen molar-refractivity contribution in [3.8, 4) is 11.4 Å². The van der Waals surface area contributed by atoms with Crippen molar-refractivity contribution in [2.75, 3.05) is 5.32 Å². The number of amides is 1. The van der Waals surface area contributed by atoms with E-state index in [0.717, 1.165) is 16.9 Å². The van der Waals surface area contributed by atoms with E-state index in [0.29, 0.717) is 10.7 Å². The number of thiophene rings is 1. The number of benzene rings is 1. The van der Waals surface area contributed by atoms with Crippen LogP contribution in [-0.2, 0) is 4.79 Å². The summed E-state index contributed by atoms with van der Waals surface area (Å²) in [5.41, 5.74) is 0.854. The fourth-order valence-corrected chi connectivity index (χ4v) is 2.61. The molecule has 0 aliphatic carbocycles. The molecule has 0 atom stereocenters. The predicted octanol–water partition coefficient (Wildman–Crippen LogP) is 3.09. The topological polar surface area (TPSA) is 114 Å². The summed E-state index contributed by atoms with van der Waals surface area (Å²) in [4.78, 5) is 26.8. The van der Waals surface area contributed by atoms with Gasteiger partial charge in [-0.3, -0.25) is 25.3 Å². The van der Waals surface area contributed by atoms with Gasteiger partial charge in [0, 0.05) is 22.6 Å². The predicted molar refractivity (Wildman–Crippen MR) is 90.5 cm³/mol. The zero-order valence-corrected chi connectivity index (χ0v) is 13.0. The van der Waals surface area contributed by atoms with Gasteiger partial charge < -0.3 is 0 Å². The second-order valence-corrected chi connectivity index (χ2v) is 5.72. The van der Waals surface area contributed by atoms with Gasteiger partial charge in [-0.25, -0.2) is 0 Å². The first-order valence-corrected chi connectivity index (χ1v) is 7.64. The summed E-state index contributed by atoms with van der Waals surface area (Å²) in [6, 6.07) is 12.3. The third-order valence-corrected chi connectivity index (χ3v) is 3.96. The van der Waals surface area contributed by atoms with Crippen LogP contribution in [0.25, 0.3) is 17.5 Å². The minimum Gasteiger partial charge on any atom is -0.290 e. The molecular formula is C15H11N5O3S. The number of rotatable bonds is 5. The van der Waals surface area contributed by atoms with Crippen molar-refractivity contribution < 1.29 is 9.72 Å². The first kappa shape index (κ1) is 15.6. The lowest BCUT2D eigenvalue weighted by Gasteiger charge is -1.94. The number of anilines is 1. The summed E-state index contributed by atoms with van der Waals surface area (Å²) >= 11 is 0.987. The third-order valence-electron chi connectivity index (χ3n) is 2.96. The summed E-state index contributed by atoms with van der Waals surface area (Å²) in [7, 11) is 0. The van der Waals surface area contributed by atoms with Gasteiger partial charge in [0.15, 0.2) is 5.82 Å². The minimum atomic E-state index is -0.471. The molecule has 0 bridgehead atoms. The molecule has 24 heavy (non-hydrogen) atoms. The van der Waals surface area contributed by atoms with Crippen molar-refractivity contribution in [1.82, 2.24) is 15.2 Å². The largest absolute Gasteiger partial charge is 0.324 e. The number of nitro groups is 1. The Balaban J connectivity index is 1.63. The number of aromatic nitrogens is 3. The van der Waals surface area contributed by atoms with Gasteiger partial charge in [0.25, 0.3) is 5.91 Å². The molecule has 0 saturated heterocycles. The lowest BCUT2D eigenvalue weighted by molar-refractivity contribution is -0.380. The third kappa shape index (κ3) is 3.70. The Hall–Kier alpha value is -3.33. The van der Waals surface area contributed by atoms with E-state index in [2.05, 4.69) is 20.5 Å². The van der Waals surface area contributed by atoms with Gasteiger partial charge in [0.1, 0.15) is 0 Å². The number of hydrogen-bond donors (Lipinski definition) is 2. The van der Waals surface area contributed by atoms with Crippen LogP contribution >= 0.6 is 11.3 Å². The van der Waals surface area contributed by atoms with E-state index in [1.165, 1.54) is 18.2 Å². The first-order valence-electron chi connectivity index (χ1n) is 6.83. The molecule has 0 fully saturated rings. The van der Waals surface area contributed by atoms with Crippen molar-refractivity contribution in [2.24, 2.45) is 0 Å². The van der Waals surface area contributed by atoms with E-state index >= 15 is 0 Å². The average Bonchev–Trinajstić information content (AvgIpc) is 3.23. The average molecular weight is 341 g/mol. The van der Waals surface area contributed by atoms with Gasteiger partial charge in [-0.2, -0.15) is 4.98 Å². The van der Waals surface area contributed by atoms with Crippen LogP contribution in [0.5, 0.6) is 0 Å². The molecule has 1 amide bonds. The van der Waals surface area contributed by atoms with Gasteiger partial charge in [-0.15, -0.1) is 5.10 Å². The highest BCUT2D eigenvalue weighted by atomic mass is 32.1. The van der Waals surface area contributed by atoms with Crippen LogP contribution in [0, 0.1) is 10.1 Å². The maximum atomic E-state index is 11.9. The maximum Gasteiger partial charge on any atom is 0.324 e. The second kappa shape index (κ2) is 6.84. The van der Waals surface area contributed by atoms with Gasteiger partial charge in [-0.05, 0) is 12.1 Å². The number of carbonyl (C=O) groups excluding carboxylic acids is 1. The van der Waals surface area contributed by atoms with E-state index < -0.39 is 10.8 Å². The van der Waals surface area contributed by atoms with Crippen LogP contribution in [0.3, 0.4) is 0 Å². The molecule has 3 rings (SSSR count). The first-order chi connectivity index (χ1) is 11.6. The summed E-state index contributed by atoms with van der Waals surface area (Å²) < 4.78 is 0. The molecule has 3 aromatic rings. The molecule has 9 heteroatoms. The van der Waals surface area contributed by atoms with Gasteiger partial charge >= 0.3 is 5.00 Å². The number of hydrogen-bond acceptors (Lipinski definition) is 6. The van der Waals surface area contributed by atoms with Crippen LogP contribution in [0.15, 0.2) is 48.5 Å².